The topological polar surface area (TPSA) is 13.1 Å². The van der Waals surface area contributed by atoms with E-state index in [1.807, 2.05) is 6.07 Å². The first-order chi connectivity index (χ1) is 23.3. The molecule has 0 saturated heterocycles. The van der Waals surface area contributed by atoms with Crippen LogP contribution in [-0.4, -0.2) is 0 Å². The monoisotopic (exact) mass is 596 g/mol. The molecule has 0 aliphatic carbocycles. The fourth-order valence-corrected chi connectivity index (χ4v) is 7.65. The van der Waals surface area contributed by atoms with Crippen molar-refractivity contribution in [3.8, 4) is 44.5 Å². The lowest BCUT2D eigenvalue weighted by atomic mass is 9.87. The highest BCUT2D eigenvalue weighted by atomic mass is 16.3. The van der Waals surface area contributed by atoms with Crippen LogP contribution in [0.25, 0.3) is 98.8 Å². The summed E-state index contributed by atoms with van der Waals surface area (Å²) < 4.78 is 6.46. The molecule has 1 aromatic heterocycles. The van der Waals surface area contributed by atoms with E-state index in [0.29, 0.717) is 0 Å². The predicted octanol–water partition coefficient (Wildman–Crippen LogP) is 13.2. The van der Waals surface area contributed by atoms with Crippen LogP contribution in [0, 0.1) is 0 Å². The van der Waals surface area contributed by atoms with E-state index in [0.717, 1.165) is 27.5 Å². The van der Waals surface area contributed by atoms with E-state index in [4.69, 9.17) is 4.42 Å². The molecule has 47 heavy (non-hydrogen) atoms. The lowest BCUT2D eigenvalue weighted by Gasteiger charge is -2.17. The average Bonchev–Trinajstić information content (AvgIpc) is 3.53. The van der Waals surface area contributed by atoms with Gasteiger partial charge in [-0.25, -0.2) is 0 Å². The van der Waals surface area contributed by atoms with E-state index >= 15 is 0 Å². The van der Waals surface area contributed by atoms with E-state index in [2.05, 4.69) is 164 Å². The van der Waals surface area contributed by atoms with Crippen molar-refractivity contribution < 1.29 is 4.42 Å². The second-order valence-corrected chi connectivity index (χ2v) is 12.5. The summed E-state index contributed by atoms with van der Waals surface area (Å²) in [6.45, 7) is 0. The molecule has 1 heterocycles. The molecule has 0 atom stereocenters. The Morgan fingerprint density at radius 1 is 0.277 bits per heavy atom. The molecule has 1 nitrogen and oxygen atoms in total. The Labute approximate surface area is 272 Å². The van der Waals surface area contributed by atoms with E-state index in [-0.39, 0.29) is 0 Å². The summed E-state index contributed by atoms with van der Waals surface area (Å²) >= 11 is 0. The first-order valence-electron chi connectivity index (χ1n) is 16.2. The van der Waals surface area contributed by atoms with Gasteiger partial charge in [0.05, 0.1) is 0 Å². The quantitative estimate of drug-likeness (QED) is 0.184. The molecule has 0 aliphatic rings. The van der Waals surface area contributed by atoms with Gasteiger partial charge in [0.2, 0.25) is 0 Å². The highest BCUT2D eigenvalue weighted by molar-refractivity contribution is 6.27. The Morgan fingerprint density at radius 2 is 0.830 bits per heavy atom. The first-order valence-corrected chi connectivity index (χ1v) is 16.2. The van der Waals surface area contributed by atoms with Crippen molar-refractivity contribution in [1.82, 2.24) is 0 Å². The molecule has 1 heteroatoms. The molecular formula is C46H28O. The summed E-state index contributed by atoms with van der Waals surface area (Å²) in [4.78, 5) is 0. The minimum atomic E-state index is 0.907. The third-order valence-corrected chi connectivity index (χ3v) is 9.84. The molecule has 9 aromatic carbocycles. The van der Waals surface area contributed by atoms with Gasteiger partial charge < -0.3 is 4.42 Å². The second kappa shape index (κ2) is 10.2. The van der Waals surface area contributed by atoms with Gasteiger partial charge in [-0.15, -0.1) is 0 Å². The van der Waals surface area contributed by atoms with Crippen LogP contribution in [0.4, 0.5) is 0 Å². The van der Waals surface area contributed by atoms with Crippen molar-refractivity contribution >= 4 is 54.3 Å². The summed E-state index contributed by atoms with van der Waals surface area (Å²) in [6.07, 6.45) is 0. The van der Waals surface area contributed by atoms with Gasteiger partial charge in [-0.2, -0.15) is 0 Å². The molecule has 0 N–H and O–H groups in total. The molecule has 10 aromatic rings. The van der Waals surface area contributed by atoms with Crippen molar-refractivity contribution in [2.45, 2.75) is 0 Å². The Morgan fingerprint density at radius 3 is 1.53 bits per heavy atom. The zero-order valence-electron chi connectivity index (χ0n) is 25.6. The molecule has 0 amide bonds. The van der Waals surface area contributed by atoms with Crippen molar-refractivity contribution in [2.24, 2.45) is 0 Å². The molecule has 0 unspecified atom stereocenters. The number of fused-ring (bicyclic) bond motifs is 3. The number of hydrogen-bond donors (Lipinski definition) is 0. The number of benzene rings is 9. The minimum absolute atomic E-state index is 0.907. The third-order valence-electron chi connectivity index (χ3n) is 9.84. The molecule has 0 aliphatic heterocycles. The number of hydrogen-bond acceptors (Lipinski definition) is 1. The van der Waals surface area contributed by atoms with E-state index in [1.54, 1.807) is 0 Å². The Bertz CT molecular complexity index is 2770. The smallest absolute Gasteiger partial charge is 0.136 e. The van der Waals surface area contributed by atoms with Crippen LogP contribution in [0.5, 0.6) is 0 Å². The van der Waals surface area contributed by atoms with Gasteiger partial charge in [-0.3, -0.25) is 0 Å². The van der Waals surface area contributed by atoms with Gasteiger partial charge in [-0.1, -0.05) is 146 Å². The molecule has 0 saturated carbocycles. The first kappa shape index (κ1) is 26.1. The number of furan rings is 1. The lowest BCUT2D eigenvalue weighted by Crippen LogP contribution is -1.90. The summed E-state index contributed by atoms with van der Waals surface area (Å²) in [5, 5.41) is 10.1. The largest absolute Gasteiger partial charge is 0.456 e. The van der Waals surface area contributed by atoms with E-state index in [1.165, 1.54) is 71.3 Å². The van der Waals surface area contributed by atoms with Crippen molar-refractivity contribution in [3.05, 3.63) is 170 Å². The fraction of sp³-hybridized carbons (Fsp3) is 0. The molecular weight excluding hydrogens is 569 g/mol. The van der Waals surface area contributed by atoms with Gasteiger partial charge in [0.15, 0.2) is 0 Å². The van der Waals surface area contributed by atoms with E-state index in [9.17, 15) is 0 Å². The van der Waals surface area contributed by atoms with Crippen molar-refractivity contribution in [2.75, 3.05) is 0 Å². The maximum absolute atomic E-state index is 6.46. The van der Waals surface area contributed by atoms with Gasteiger partial charge in [0, 0.05) is 10.8 Å². The Hall–Kier alpha value is -6.18. The molecule has 0 spiro atoms. The van der Waals surface area contributed by atoms with Crippen LogP contribution in [0.1, 0.15) is 0 Å². The molecule has 218 valence electrons. The van der Waals surface area contributed by atoms with Crippen LogP contribution >= 0.6 is 0 Å². The van der Waals surface area contributed by atoms with Gasteiger partial charge in [0.25, 0.3) is 0 Å². The van der Waals surface area contributed by atoms with Gasteiger partial charge in [0.1, 0.15) is 11.2 Å². The Kier molecular flexibility index (Phi) is 5.64. The molecule has 0 fully saturated rings. The maximum atomic E-state index is 6.46. The zero-order chi connectivity index (χ0) is 30.9. The van der Waals surface area contributed by atoms with Crippen LogP contribution in [0.3, 0.4) is 0 Å². The normalized spacial score (nSPS) is 11.8. The molecule has 10 rings (SSSR count). The van der Waals surface area contributed by atoms with Crippen molar-refractivity contribution in [3.63, 3.8) is 0 Å². The van der Waals surface area contributed by atoms with Crippen LogP contribution in [0.2, 0.25) is 0 Å². The standard InChI is InChI=1S/C46H28O/c1-3-9-29(10-4-1)33-21-26-41-43(28-33)47-42-16-8-15-38(46(41)42)35-14-7-13-34(27-35)37-23-18-32-19-24-39-36(30-11-5-2-6-12-30)22-17-31-20-25-40(37)45(32)44(31)39/h1-28H. The second-order valence-electron chi connectivity index (χ2n) is 12.5. The summed E-state index contributed by atoms with van der Waals surface area (Å²) in [5.41, 5.74) is 11.5. The molecule has 0 radical (unpaired) electrons. The van der Waals surface area contributed by atoms with Gasteiger partial charge in [-0.05, 0) is 101 Å². The van der Waals surface area contributed by atoms with Crippen LogP contribution in [0.15, 0.2) is 174 Å². The highest BCUT2D eigenvalue weighted by Crippen LogP contribution is 2.44. The highest BCUT2D eigenvalue weighted by Gasteiger charge is 2.17. The van der Waals surface area contributed by atoms with Gasteiger partial charge >= 0.3 is 0 Å². The third kappa shape index (κ3) is 4.03. The average molecular weight is 597 g/mol. The SMILES string of the molecule is c1ccc(-c2ccc3c(c2)oc2cccc(-c4cccc(-c5ccc6ccc7c(-c8ccccc8)ccc8ccc5c6c87)c4)c23)cc1. The minimum Gasteiger partial charge on any atom is -0.456 e. The molecule has 0 bridgehead atoms. The van der Waals surface area contributed by atoms with E-state index < -0.39 is 0 Å². The van der Waals surface area contributed by atoms with Crippen LogP contribution < -0.4 is 0 Å². The van der Waals surface area contributed by atoms with Crippen molar-refractivity contribution in [1.29, 1.82) is 0 Å². The predicted molar refractivity (Wildman–Crippen MR) is 199 cm³/mol. The van der Waals surface area contributed by atoms with Crippen LogP contribution in [-0.2, 0) is 0 Å². The summed E-state index contributed by atoms with van der Waals surface area (Å²) in [5.74, 6) is 0. The maximum Gasteiger partial charge on any atom is 0.136 e. The summed E-state index contributed by atoms with van der Waals surface area (Å²) in [6, 6.07) is 61.5. The Balaban J connectivity index is 1.14. The summed E-state index contributed by atoms with van der Waals surface area (Å²) in [7, 11) is 0. The zero-order valence-corrected chi connectivity index (χ0v) is 25.6. The fourth-order valence-electron chi connectivity index (χ4n) is 7.65. The number of rotatable bonds is 4. The lowest BCUT2D eigenvalue weighted by molar-refractivity contribution is 0.669.